The van der Waals surface area contributed by atoms with Gasteiger partial charge in [-0.25, -0.2) is 19.2 Å². The van der Waals surface area contributed by atoms with E-state index in [2.05, 4.69) is 48.5 Å². The first-order valence-electron chi connectivity index (χ1n) is 19.8. The van der Waals surface area contributed by atoms with Crippen molar-refractivity contribution in [2.45, 2.75) is 4.90 Å². The van der Waals surface area contributed by atoms with E-state index in [0.29, 0.717) is 38.5 Å². The summed E-state index contributed by atoms with van der Waals surface area (Å²) in [7, 11) is -3.21. The van der Waals surface area contributed by atoms with Crippen LogP contribution < -0.4 is 0 Å². The first-order valence-corrected chi connectivity index (χ1v) is 21.3. The van der Waals surface area contributed by atoms with E-state index in [0.717, 1.165) is 66.4 Å². The summed E-state index contributed by atoms with van der Waals surface area (Å²) in [4.78, 5) is 16.2. The third-order valence-corrected chi connectivity index (χ3v) is 13.3. The fourth-order valence-corrected chi connectivity index (χ4v) is 10.5. The maximum absolute atomic E-state index is 16.0. The minimum atomic E-state index is -3.21. The first kappa shape index (κ1) is 35.4. The second-order valence-corrected chi connectivity index (χ2v) is 16.7. The van der Waals surface area contributed by atoms with E-state index in [4.69, 9.17) is 23.7 Å². The van der Waals surface area contributed by atoms with Crippen LogP contribution in [-0.4, -0.2) is 19.2 Å². The summed E-state index contributed by atoms with van der Waals surface area (Å²) in [6.07, 6.45) is 0. The normalized spacial score (nSPS) is 14.9. The van der Waals surface area contributed by atoms with Crippen molar-refractivity contribution in [2.24, 2.45) is 4.36 Å². The molecule has 0 saturated carbocycles. The maximum Gasteiger partial charge on any atom is 0.164 e. The molecule has 0 aliphatic carbocycles. The highest BCUT2D eigenvalue weighted by Gasteiger charge is 2.33. The third-order valence-electron chi connectivity index (χ3n) is 10.9. The number of rotatable bonds is 7. The van der Waals surface area contributed by atoms with Gasteiger partial charge in [0.1, 0.15) is 20.9 Å². The molecule has 6 nitrogen and oxygen atoms in total. The number of nitrogens with zero attached hydrogens (tertiary/aromatic N) is 4. The second-order valence-electron chi connectivity index (χ2n) is 14.6. The summed E-state index contributed by atoms with van der Waals surface area (Å²) in [6, 6.07) is 68.4. The van der Waals surface area contributed by atoms with E-state index in [1.54, 1.807) is 0 Å². The lowest BCUT2D eigenvalue weighted by molar-refractivity contribution is 0.669. The molecule has 1 atom stereocenters. The zero-order valence-electron chi connectivity index (χ0n) is 32.1. The molecule has 60 heavy (non-hydrogen) atoms. The lowest BCUT2D eigenvalue weighted by Gasteiger charge is -2.26. The zero-order valence-corrected chi connectivity index (χ0v) is 33.0. The van der Waals surface area contributed by atoms with Crippen LogP contribution >= 0.6 is 0 Å². The fraction of sp³-hybridized carbons (Fsp3) is 0. The van der Waals surface area contributed by atoms with Gasteiger partial charge in [0.05, 0.1) is 15.5 Å². The Bertz CT molecular complexity index is 3350. The molecule has 1 unspecified atom stereocenters. The molecule has 0 saturated heterocycles. The molecule has 1 aliphatic heterocycles. The van der Waals surface area contributed by atoms with Crippen LogP contribution in [0.15, 0.2) is 220 Å². The van der Waals surface area contributed by atoms with E-state index >= 15 is 4.21 Å². The van der Waals surface area contributed by atoms with E-state index in [9.17, 15) is 0 Å². The number of fused-ring (bicyclic) bond motifs is 4. The summed E-state index contributed by atoms with van der Waals surface area (Å²) < 4.78 is 27.7. The van der Waals surface area contributed by atoms with Gasteiger partial charge in [-0.15, -0.1) is 0 Å². The second kappa shape index (κ2) is 14.6. The van der Waals surface area contributed by atoms with Crippen molar-refractivity contribution in [1.29, 1.82) is 0 Å². The monoisotopic (exact) mass is 790 g/mol. The van der Waals surface area contributed by atoms with Gasteiger partial charge >= 0.3 is 0 Å². The van der Waals surface area contributed by atoms with Crippen LogP contribution in [0.3, 0.4) is 0 Å². The van der Waals surface area contributed by atoms with Crippen LogP contribution in [0.1, 0.15) is 16.7 Å². The molecule has 0 fully saturated rings. The average Bonchev–Trinajstić information content (AvgIpc) is 3.71. The Kier molecular flexibility index (Phi) is 8.60. The minimum absolute atomic E-state index is 0.582. The van der Waals surface area contributed by atoms with E-state index in [-0.39, 0.29) is 0 Å². The lowest BCUT2D eigenvalue weighted by Crippen LogP contribution is -2.11. The van der Waals surface area contributed by atoms with Gasteiger partial charge in [-0.05, 0) is 59.2 Å². The third kappa shape index (κ3) is 6.11. The summed E-state index contributed by atoms with van der Waals surface area (Å²) in [5, 5.41) is 1.79. The van der Waals surface area contributed by atoms with Gasteiger partial charge in [0, 0.05) is 44.2 Å². The summed E-state index contributed by atoms with van der Waals surface area (Å²) in [5.41, 5.74) is 10.4. The van der Waals surface area contributed by atoms with Crippen LogP contribution in [0.25, 0.3) is 77.7 Å². The van der Waals surface area contributed by atoms with Crippen molar-refractivity contribution in [3.05, 3.63) is 223 Å². The molecule has 0 N–H and O–H groups in total. The Morgan fingerprint density at radius 1 is 0.400 bits per heavy atom. The van der Waals surface area contributed by atoms with Gasteiger partial charge in [0.25, 0.3) is 0 Å². The van der Waals surface area contributed by atoms with Gasteiger partial charge in [0.15, 0.2) is 17.5 Å². The highest BCUT2D eigenvalue weighted by molar-refractivity contribution is 8.03. The highest BCUT2D eigenvalue weighted by atomic mass is 32.2. The molecule has 0 bridgehead atoms. The summed E-state index contributed by atoms with van der Waals surface area (Å²) in [5.74, 6) is 1.80. The molecule has 0 radical (unpaired) electrons. The Labute approximate surface area is 347 Å². The molecule has 0 amide bonds. The molecule has 7 heteroatoms. The van der Waals surface area contributed by atoms with Crippen LogP contribution in [0.2, 0.25) is 0 Å². The van der Waals surface area contributed by atoms with Crippen LogP contribution in [0, 0.1) is 0 Å². The SMILES string of the molecule is O=S1(c2ccccc2)=Nc2ccccc2C(c2ccccc2)=C1c1cccc2oc3ccc(-c4cccc(-c5nc(-c6ccccc6)nc(-c6ccccc6)n5)c4)cc3c12. The van der Waals surface area contributed by atoms with Crippen LogP contribution in [-0.2, 0) is 9.73 Å². The van der Waals surface area contributed by atoms with Gasteiger partial charge in [-0.3, -0.25) is 0 Å². The maximum atomic E-state index is 16.0. The zero-order chi connectivity index (χ0) is 40.0. The summed E-state index contributed by atoms with van der Waals surface area (Å²) >= 11 is 0. The molecule has 8 aromatic carbocycles. The number of hydrogen-bond donors (Lipinski definition) is 0. The van der Waals surface area contributed by atoms with Crippen molar-refractivity contribution < 1.29 is 8.63 Å². The van der Waals surface area contributed by atoms with E-state index in [1.165, 1.54) is 0 Å². The molecule has 2 aromatic heterocycles. The standard InChI is InChI=1S/C53H34N4O2S/c58-60(41-25-11-4-12-26-41)50(48(35-17-5-1-6-18-35)42-27-13-14-29-45(42)57-60)43-28-16-30-47-49(43)44-34-39(31-32-46(44)59-47)38-23-15-24-40(33-38)53-55-51(36-19-7-2-8-20-36)54-52(56-53)37-21-9-3-10-22-37/h1-34H. The van der Waals surface area contributed by atoms with Gasteiger partial charge in [0.2, 0.25) is 0 Å². The van der Waals surface area contributed by atoms with E-state index < -0.39 is 9.73 Å². The number of hydrogen-bond acceptors (Lipinski definition) is 6. The Balaban J connectivity index is 1.12. The van der Waals surface area contributed by atoms with Crippen molar-refractivity contribution in [3.8, 4) is 45.3 Å². The topological polar surface area (TPSA) is 81.2 Å². The molecule has 284 valence electrons. The molecule has 3 heterocycles. The van der Waals surface area contributed by atoms with Crippen molar-refractivity contribution >= 4 is 47.8 Å². The minimum Gasteiger partial charge on any atom is -0.456 e. The predicted octanol–water partition coefficient (Wildman–Crippen LogP) is 13.5. The van der Waals surface area contributed by atoms with E-state index in [1.807, 2.05) is 158 Å². The van der Waals surface area contributed by atoms with Crippen LogP contribution in [0.5, 0.6) is 0 Å². The smallest absolute Gasteiger partial charge is 0.164 e. The van der Waals surface area contributed by atoms with Crippen molar-refractivity contribution in [3.63, 3.8) is 0 Å². The summed E-state index contributed by atoms with van der Waals surface area (Å²) in [6.45, 7) is 0. The fourth-order valence-electron chi connectivity index (χ4n) is 8.13. The Hall–Kier alpha value is -7.74. The van der Waals surface area contributed by atoms with Crippen molar-refractivity contribution in [2.75, 3.05) is 0 Å². The first-order chi connectivity index (χ1) is 29.6. The van der Waals surface area contributed by atoms with Crippen LogP contribution in [0.4, 0.5) is 5.69 Å². The molecule has 10 aromatic rings. The molecule has 0 spiro atoms. The highest BCUT2D eigenvalue weighted by Crippen LogP contribution is 2.50. The number of aromatic nitrogens is 3. The van der Waals surface area contributed by atoms with Gasteiger partial charge < -0.3 is 4.42 Å². The van der Waals surface area contributed by atoms with Gasteiger partial charge in [-0.2, -0.15) is 4.36 Å². The molecule has 1 aliphatic rings. The largest absolute Gasteiger partial charge is 0.456 e. The lowest BCUT2D eigenvalue weighted by atomic mass is 9.92. The Morgan fingerprint density at radius 2 is 0.917 bits per heavy atom. The Morgan fingerprint density at radius 3 is 1.60 bits per heavy atom. The van der Waals surface area contributed by atoms with Crippen molar-refractivity contribution in [1.82, 2.24) is 15.0 Å². The molecule has 11 rings (SSSR count). The van der Waals surface area contributed by atoms with Gasteiger partial charge in [-0.1, -0.05) is 164 Å². The number of furan rings is 1. The molecular weight excluding hydrogens is 757 g/mol. The number of benzene rings is 8. The molecular formula is C53H34N4O2S. The quantitative estimate of drug-likeness (QED) is 0.161. The predicted molar refractivity (Wildman–Crippen MR) is 243 cm³/mol. The average molecular weight is 791 g/mol.